The molecule has 1 unspecified atom stereocenters. The normalized spacial score (nSPS) is 17.4. The lowest BCUT2D eigenvalue weighted by Gasteiger charge is -2.16. The first-order valence-electron chi connectivity index (χ1n) is 6.57. The van der Waals surface area contributed by atoms with Crippen LogP contribution in [-0.2, 0) is 11.3 Å². The number of rotatable bonds is 6. The van der Waals surface area contributed by atoms with Crippen LogP contribution in [0.3, 0.4) is 0 Å². The quantitative estimate of drug-likeness (QED) is 0.816. The highest BCUT2D eigenvalue weighted by Gasteiger charge is 2.23. The second-order valence-corrected chi connectivity index (χ2v) is 5.53. The van der Waals surface area contributed by atoms with Crippen molar-refractivity contribution < 1.29 is 19.0 Å². The monoisotopic (exact) mass is 312 g/mol. The van der Waals surface area contributed by atoms with Gasteiger partial charge in [0.15, 0.2) is 0 Å². The number of benzene rings is 1. The standard InChI is InChI=1S/C14H20N2O4S/c1-18-9-4-12(19-2)10(13(5-9)20-3)6-15-14(17)11-7-21-8-16-11/h4-5,11,16H,6-8H2,1-3H3,(H,15,17). The van der Waals surface area contributed by atoms with E-state index in [2.05, 4.69) is 10.6 Å². The van der Waals surface area contributed by atoms with Gasteiger partial charge in [0.2, 0.25) is 5.91 Å². The van der Waals surface area contributed by atoms with Crippen LogP contribution in [-0.4, -0.2) is 44.9 Å². The van der Waals surface area contributed by atoms with Crippen molar-refractivity contribution in [2.24, 2.45) is 0 Å². The predicted octanol–water partition coefficient (Wildman–Crippen LogP) is 0.991. The smallest absolute Gasteiger partial charge is 0.238 e. The highest BCUT2D eigenvalue weighted by atomic mass is 32.2. The number of carbonyl (C=O) groups excluding carboxylic acids is 1. The van der Waals surface area contributed by atoms with Gasteiger partial charge in [0.05, 0.1) is 39.5 Å². The summed E-state index contributed by atoms with van der Waals surface area (Å²) in [5.74, 6) is 3.49. The van der Waals surface area contributed by atoms with Crippen LogP contribution in [0.25, 0.3) is 0 Å². The molecule has 1 atom stereocenters. The Labute approximate surface area is 128 Å². The van der Waals surface area contributed by atoms with Gasteiger partial charge in [-0.1, -0.05) is 0 Å². The van der Waals surface area contributed by atoms with Crippen LogP contribution in [0.2, 0.25) is 0 Å². The first kappa shape index (κ1) is 15.8. The summed E-state index contributed by atoms with van der Waals surface area (Å²) in [5, 5.41) is 6.05. The van der Waals surface area contributed by atoms with Gasteiger partial charge in [-0.3, -0.25) is 10.1 Å². The zero-order valence-corrected chi connectivity index (χ0v) is 13.2. The summed E-state index contributed by atoms with van der Waals surface area (Å²) in [6, 6.07) is 3.41. The average Bonchev–Trinajstić information content (AvgIpc) is 3.06. The van der Waals surface area contributed by atoms with Crippen molar-refractivity contribution in [3.63, 3.8) is 0 Å². The van der Waals surface area contributed by atoms with Crippen LogP contribution in [0.5, 0.6) is 17.2 Å². The van der Waals surface area contributed by atoms with Crippen LogP contribution >= 0.6 is 11.8 Å². The zero-order valence-electron chi connectivity index (χ0n) is 12.4. The minimum Gasteiger partial charge on any atom is -0.496 e. The molecule has 1 aliphatic rings. The minimum atomic E-state index is -0.134. The number of amides is 1. The van der Waals surface area contributed by atoms with E-state index in [0.29, 0.717) is 23.8 Å². The van der Waals surface area contributed by atoms with E-state index in [9.17, 15) is 4.79 Å². The third-order valence-electron chi connectivity index (χ3n) is 3.29. The molecule has 2 rings (SSSR count). The molecular formula is C14H20N2O4S. The number of ether oxygens (including phenoxy) is 3. The average molecular weight is 312 g/mol. The van der Waals surface area contributed by atoms with Gasteiger partial charge >= 0.3 is 0 Å². The maximum atomic E-state index is 12.0. The molecule has 0 saturated carbocycles. The summed E-state index contributed by atoms with van der Waals surface area (Å²) in [5.41, 5.74) is 0.791. The molecule has 7 heteroatoms. The van der Waals surface area contributed by atoms with Crippen molar-refractivity contribution in [1.82, 2.24) is 10.6 Å². The molecule has 2 N–H and O–H groups in total. The van der Waals surface area contributed by atoms with Crippen molar-refractivity contribution in [1.29, 1.82) is 0 Å². The fourth-order valence-electron chi connectivity index (χ4n) is 2.11. The molecule has 21 heavy (non-hydrogen) atoms. The molecular weight excluding hydrogens is 292 g/mol. The first-order valence-corrected chi connectivity index (χ1v) is 7.72. The molecule has 1 fully saturated rings. The van der Waals surface area contributed by atoms with Gasteiger partial charge in [-0.2, -0.15) is 0 Å². The summed E-state index contributed by atoms with van der Waals surface area (Å²) in [6.07, 6.45) is 0. The molecule has 0 spiro atoms. The Bertz CT molecular complexity index is 479. The molecule has 1 aromatic carbocycles. The fraction of sp³-hybridized carbons (Fsp3) is 0.500. The number of hydrogen-bond donors (Lipinski definition) is 2. The Morgan fingerprint density at radius 3 is 2.43 bits per heavy atom. The van der Waals surface area contributed by atoms with Crippen molar-refractivity contribution in [3.8, 4) is 17.2 Å². The van der Waals surface area contributed by atoms with Crippen molar-refractivity contribution >= 4 is 17.7 Å². The number of carbonyl (C=O) groups is 1. The van der Waals surface area contributed by atoms with E-state index in [1.54, 1.807) is 45.2 Å². The van der Waals surface area contributed by atoms with Gasteiger partial charge in [0, 0.05) is 23.8 Å². The molecule has 0 aromatic heterocycles. The number of nitrogens with one attached hydrogen (secondary N) is 2. The molecule has 116 valence electrons. The van der Waals surface area contributed by atoms with E-state index < -0.39 is 0 Å². The minimum absolute atomic E-state index is 0.0140. The highest BCUT2D eigenvalue weighted by Crippen LogP contribution is 2.33. The van der Waals surface area contributed by atoms with Gasteiger partial charge in [-0.15, -0.1) is 11.8 Å². The van der Waals surface area contributed by atoms with Gasteiger partial charge in [-0.05, 0) is 0 Å². The first-order chi connectivity index (χ1) is 10.2. The van der Waals surface area contributed by atoms with Crippen LogP contribution in [0.4, 0.5) is 0 Å². The van der Waals surface area contributed by atoms with E-state index in [4.69, 9.17) is 14.2 Å². The van der Waals surface area contributed by atoms with Crippen molar-refractivity contribution in [2.75, 3.05) is 33.0 Å². The lowest BCUT2D eigenvalue weighted by Crippen LogP contribution is -2.41. The SMILES string of the molecule is COc1cc(OC)c(CNC(=O)C2CSCN2)c(OC)c1. The van der Waals surface area contributed by atoms with Crippen LogP contribution in [0.1, 0.15) is 5.56 Å². The Balaban J connectivity index is 2.12. The lowest BCUT2D eigenvalue weighted by molar-refractivity contribution is -0.122. The molecule has 1 saturated heterocycles. The summed E-state index contributed by atoms with van der Waals surface area (Å²) in [7, 11) is 4.74. The molecule has 1 aliphatic heterocycles. The highest BCUT2D eigenvalue weighted by molar-refractivity contribution is 7.99. The van der Waals surface area contributed by atoms with Gasteiger partial charge in [0.1, 0.15) is 17.2 Å². The molecule has 6 nitrogen and oxygen atoms in total. The summed E-state index contributed by atoms with van der Waals surface area (Å²) < 4.78 is 15.9. The molecule has 0 bridgehead atoms. The number of thioether (sulfide) groups is 1. The Hall–Kier alpha value is -1.60. The van der Waals surface area contributed by atoms with Crippen molar-refractivity contribution in [3.05, 3.63) is 17.7 Å². The maximum absolute atomic E-state index is 12.0. The van der Waals surface area contributed by atoms with E-state index in [0.717, 1.165) is 17.2 Å². The van der Waals surface area contributed by atoms with E-state index in [1.807, 2.05) is 0 Å². The fourth-order valence-corrected chi connectivity index (χ4v) is 3.06. The van der Waals surface area contributed by atoms with Crippen LogP contribution in [0, 0.1) is 0 Å². The van der Waals surface area contributed by atoms with Crippen LogP contribution in [0.15, 0.2) is 12.1 Å². The lowest BCUT2D eigenvalue weighted by atomic mass is 10.1. The molecule has 0 radical (unpaired) electrons. The second-order valence-electron chi connectivity index (χ2n) is 4.50. The van der Waals surface area contributed by atoms with E-state index in [1.165, 1.54) is 0 Å². The summed E-state index contributed by atoms with van der Waals surface area (Å²) >= 11 is 1.71. The number of methoxy groups -OCH3 is 3. The molecule has 1 amide bonds. The molecule has 0 aliphatic carbocycles. The van der Waals surface area contributed by atoms with Crippen molar-refractivity contribution in [2.45, 2.75) is 12.6 Å². The number of hydrogen-bond acceptors (Lipinski definition) is 6. The third-order valence-corrected chi connectivity index (χ3v) is 4.23. The largest absolute Gasteiger partial charge is 0.496 e. The van der Waals surface area contributed by atoms with Gasteiger partial charge in [-0.25, -0.2) is 0 Å². The van der Waals surface area contributed by atoms with Crippen LogP contribution < -0.4 is 24.8 Å². The van der Waals surface area contributed by atoms with E-state index in [-0.39, 0.29) is 11.9 Å². The predicted molar refractivity (Wildman–Crippen MR) is 82.2 cm³/mol. The van der Waals surface area contributed by atoms with Gasteiger partial charge < -0.3 is 19.5 Å². The van der Waals surface area contributed by atoms with E-state index >= 15 is 0 Å². The molecule has 1 aromatic rings. The van der Waals surface area contributed by atoms with Gasteiger partial charge in [0.25, 0.3) is 0 Å². The third kappa shape index (κ3) is 3.74. The zero-order chi connectivity index (χ0) is 15.2. The Morgan fingerprint density at radius 2 is 1.95 bits per heavy atom. The second kappa shape index (κ2) is 7.42. The Kier molecular flexibility index (Phi) is 5.58. The topological polar surface area (TPSA) is 68.8 Å². The Morgan fingerprint density at radius 1 is 1.29 bits per heavy atom. The summed E-state index contributed by atoms with van der Waals surface area (Å²) in [4.78, 5) is 12.0. The summed E-state index contributed by atoms with van der Waals surface area (Å²) in [6.45, 7) is 0.345. The molecule has 1 heterocycles. The maximum Gasteiger partial charge on any atom is 0.238 e.